The quantitative estimate of drug-likeness (QED) is 0.820. The summed E-state index contributed by atoms with van der Waals surface area (Å²) in [4.78, 5) is 0.325. The minimum Gasteiger partial charge on any atom is -0.211 e. The van der Waals surface area contributed by atoms with Crippen LogP contribution in [0.1, 0.15) is 23.4 Å². The van der Waals surface area contributed by atoms with Crippen molar-refractivity contribution in [1.29, 1.82) is 0 Å². The molecule has 1 aromatic heterocycles. The molecule has 0 saturated heterocycles. The number of aromatic amines is 1. The van der Waals surface area contributed by atoms with Crippen molar-refractivity contribution in [3.8, 4) is 0 Å². The van der Waals surface area contributed by atoms with Gasteiger partial charge in [0.25, 0.3) is 0 Å². The third-order valence-electron chi connectivity index (χ3n) is 3.41. The van der Waals surface area contributed by atoms with Gasteiger partial charge in [0.05, 0.1) is 4.90 Å². The summed E-state index contributed by atoms with van der Waals surface area (Å²) in [5, 5.41) is 13.3. The molecule has 0 bridgehead atoms. The normalized spacial score (nSPS) is 14.4. The molecule has 1 aromatic carbocycles. The monoisotopic (exact) mass is 293 g/mol. The number of benzene rings is 1. The molecule has 0 aliphatic heterocycles. The maximum atomic E-state index is 12.2. The Balaban J connectivity index is 1.68. The third-order valence-corrected chi connectivity index (χ3v) is 4.87. The van der Waals surface area contributed by atoms with E-state index in [1.165, 1.54) is 5.56 Å². The maximum absolute atomic E-state index is 12.2. The van der Waals surface area contributed by atoms with Gasteiger partial charge in [-0.3, -0.25) is 0 Å². The molecule has 0 atom stereocenters. The average molecular weight is 293 g/mol. The van der Waals surface area contributed by atoms with Crippen LogP contribution in [0, 0.1) is 0 Å². The van der Waals surface area contributed by atoms with Gasteiger partial charge >= 0.3 is 0 Å². The van der Waals surface area contributed by atoms with Gasteiger partial charge in [0.15, 0.2) is 5.82 Å². The fourth-order valence-electron chi connectivity index (χ4n) is 2.38. The minimum atomic E-state index is -3.47. The molecule has 8 heteroatoms. The molecule has 0 fully saturated rings. The lowest BCUT2D eigenvalue weighted by atomic mass is 10.1. The molecule has 0 saturated carbocycles. The summed E-state index contributed by atoms with van der Waals surface area (Å²) in [6.45, 7) is 0.249. The van der Waals surface area contributed by atoms with Crippen molar-refractivity contribution in [3.05, 3.63) is 35.2 Å². The maximum Gasteiger partial charge on any atom is 0.240 e. The number of tetrazole rings is 1. The van der Waals surface area contributed by atoms with E-state index in [9.17, 15) is 8.42 Å². The predicted octanol–water partition coefficient (Wildman–Crippen LogP) is 0.209. The van der Waals surface area contributed by atoms with Crippen LogP contribution in [0.5, 0.6) is 0 Å². The summed E-state index contributed by atoms with van der Waals surface area (Å²) in [7, 11) is -3.47. The Kier molecular flexibility index (Phi) is 3.49. The van der Waals surface area contributed by atoms with Gasteiger partial charge in [-0.2, -0.15) is 5.21 Å². The zero-order chi connectivity index (χ0) is 14.0. The molecule has 106 valence electrons. The molecule has 0 spiro atoms. The summed E-state index contributed by atoms with van der Waals surface area (Å²) in [5.41, 5.74) is 2.40. The van der Waals surface area contributed by atoms with E-state index in [0.717, 1.165) is 24.8 Å². The zero-order valence-corrected chi connectivity index (χ0v) is 11.7. The second kappa shape index (κ2) is 5.29. The number of hydrogen-bond donors (Lipinski definition) is 2. The van der Waals surface area contributed by atoms with Crippen LogP contribution in [0.3, 0.4) is 0 Å². The van der Waals surface area contributed by atoms with E-state index in [1.807, 2.05) is 6.07 Å². The smallest absolute Gasteiger partial charge is 0.211 e. The highest BCUT2D eigenvalue weighted by Gasteiger charge is 2.18. The number of nitrogens with one attached hydrogen (secondary N) is 2. The van der Waals surface area contributed by atoms with Crippen molar-refractivity contribution in [1.82, 2.24) is 25.3 Å². The molecule has 2 N–H and O–H groups in total. The Labute approximate surface area is 116 Å². The van der Waals surface area contributed by atoms with Crippen molar-refractivity contribution in [3.63, 3.8) is 0 Å². The largest absolute Gasteiger partial charge is 0.240 e. The summed E-state index contributed by atoms with van der Waals surface area (Å²) in [6.07, 6.45) is 3.51. The molecular weight excluding hydrogens is 278 g/mol. The Hall–Kier alpha value is -1.80. The molecule has 7 nitrogen and oxygen atoms in total. The second-order valence-electron chi connectivity index (χ2n) is 4.76. The van der Waals surface area contributed by atoms with Crippen LogP contribution in [-0.2, 0) is 29.3 Å². The van der Waals surface area contributed by atoms with Crippen molar-refractivity contribution >= 4 is 10.0 Å². The van der Waals surface area contributed by atoms with Crippen molar-refractivity contribution in [2.45, 2.75) is 30.6 Å². The Bertz CT molecular complexity index is 697. The van der Waals surface area contributed by atoms with Gasteiger partial charge in [-0.15, -0.1) is 10.2 Å². The number of aryl methyl sites for hydroxylation is 2. The minimum absolute atomic E-state index is 0.249. The fourth-order valence-corrected chi connectivity index (χ4v) is 3.47. The number of aromatic nitrogens is 4. The molecule has 1 aliphatic carbocycles. The summed E-state index contributed by atoms with van der Waals surface area (Å²) >= 11 is 0. The standard InChI is InChI=1S/C12H15N5O2S/c18-20(19,13-7-6-12-14-16-17-15-12)11-5-4-9-2-1-3-10(9)8-11/h4-5,8,13H,1-3,6-7H2,(H,14,15,16,17). The predicted molar refractivity (Wildman–Crippen MR) is 71.5 cm³/mol. The van der Waals surface area contributed by atoms with E-state index < -0.39 is 10.0 Å². The lowest BCUT2D eigenvalue weighted by Gasteiger charge is -2.07. The molecule has 0 unspecified atom stereocenters. The Morgan fingerprint density at radius 3 is 2.90 bits per heavy atom. The Morgan fingerprint density at radius 1 is 1.25 bits per heavy atom. The van der Waals surface area contributed by atoms with Crippen LogP contribution in [-0.4, -0.2) is 35.6 Å². The van der Waals surface area contributed by atoms with Gasteiger partial charge < -0.3 is 0 Å². The van der Waals surface area contributed by atoms with Gasteiger partial charge in [0.2, 0.25) is 10.0 Å². The van der Waals surface area contributed by atoms with E-state index >= 15 is 0 Å². The van der Waals surface area contributed by atoms with Crippen molar-refractivity contribution < 1.29 is 8.42 Å². The van der Waals surface area contributed by atoms with Crippen molar-refractivity contribution in [2.75, 3.05) is 6.54 Å². The fraction of sp³-hybridized carbons (Fsp3) is 0.417. The third kappa shape index (κ3) is 2.70. The number of H-pyrrole nitrogens is 1. The van der Waals surface area contributed by atoms with E-state index in [2.05, 4.69) is 25.3 Å². The van der Waals surface area contributed by atoms with E-state index in [1.54, 1.807) is 12.1 Å². The Morgan fingerprint density at radius 2 is 2.10 bits per heavy atom. The summed E-state index contributed by atoms with van der Waals surface area (Å²) < 4.78 is 26.9. The van der Waals surface area contributed by atoms with Crippen molar-refractivity contribution in [2.24, 2.45) is 0 Å². The highest BCUT2D eigenvalue weighted by atomic mass is 32.2. The van der Waals surface area contributed by atoms with Crippen LogP contribution in [0.2, 0.25) is 0 Å². The van der Waals surface area contributed by atoms with Gasteiger partial charge in [-0.1, -0.05) is 11.3 Å². The first-order chi connectivity index (χ1) is 9.65. The van der Waals surface area contributed by atoms with Gasteiger partial charge in [0.1, 0.15) is 0 Å². The van der Waals surface area contributed by atoms with Gasteiger partial charge in [-0.05, 0) is 42.5 Å². The van der Waals surface area contributed by atoms with Crippen LogP contribution in [0.4, 0.5) is 0 Å². The first-order valence-corrected chi connectivity index (χ1v) is 7.97. The van der Waals surface area contributed by atoms with Crippen LogP contribution < -0.4 is 4.72 Å². The summed E-state index contributed by atoms with van der Waals surface area (Å²) in [5.74, 6) is 0.488. The van der Waals surface area contributed by atoms with E-state index in [4.69, 9.17) is 0 Å². The van der Waals surface area contributed by atoms with E-state index in [-0.39, 0.29) is 6.54 Å². The molecule has 0 amide bonds. The van der Waals surface area contributed by atoms with Crippen LogP contribution in [0.15, 0.2) is 23.1 Å². The van der Waals surface area contributed by atoms with Crippen LogP contribution in [0.25, 0.3) is 0 Å². The highest BCUT2D eigenvalue weighted by molar-refractivity contribution is 7.89. The number of fused-ring (bicyclic) bond motifs is 1. The van der Waals surface area contributed by atoms with E-state index in [0.29, 0.717) is 17.1 Å². The van der Waals surface area contributed by atoms with Gasteiger partial charge in [0, 0.05) is 13.0 Å². The molecule has 2 aromatic rings. The highest BCUT2D eigenvalue weighted by Crippen LogP contribution is 2.24. The second-order valence-corrected chi connectivity index (χ2v) is 6.53. The number of hydrogen-bond acceptors (Lipinski definition) is 5. The zero-order valence-electron chi connectivity index (χ0n) is 10.8. The molecule has 3 rings (SSSR count). The lowest BCUT2D eigenvalue weighted by molar-refractivity contribution is 0.580. The van der Waals surface area contributed by atoms with Gasteiger partial charge in [-0.25, -0.2) is 13.1 Å². The number of sulfonamides is 1. The molecule has 1 heterocycles. The molecule has 0 radical (unpaired) electrons. The topological polar surface area (TPSA) is 101 Å². The average Bonchev–Trinajstić information content (AvgIpc) is 3.08. The molecule has 1 aliphatic rings. The SMILES string of the molecule is O=S(=O)(NCCc1nn[nH]n1)c1ccc2c(c1)CCC2. The number of rotatable bonds is 5. The number of nitrogens with zero attached hydrogens (tertiary/aromatic N) is 3. The molecule has 20 heavy (non-hydrogen) atoms. The lowest BCUT2D eigenvalue weighted by Crippen LogP contribution is -2.26. The first kappa shape index (κ1) is 13.2. The van der Waals surface area contributed by atoms with Crippen LogP contribution >= 0.6 is 0 Å². The first-order valence-electron chi connectivity index (χ1n) is 6.49. The molecular formula is C12H15N5O2S. The summed E-state index contributed by atoms with van der Waals surface area (Å²) in [6, 6.07) is 5.36.